The zero-order valence-electron chi connectivity index (χ0n) is 8.13. The SMILES string of the molecule is COC(=O)C=C1[C@@H](C)C(C)[C@H]1C. The molecular weight excluding hydrogens is 152 g/mol. The standard InChI is InChI=1S/C10H16O2/c1-6-7(2)9(8(6)3)5-10(11)12-4/h5-8H,1-4H3/t6?,7-,8+. The molecule has 0 radical (unpaired) electrons. The minimum Gasteiger partial charge on any atom is -0.466 e. The summed E-state index contributed by atoms with van der Waals surface area (Å²) in [6, 6.07) is 0. The fourth-order valence-corrected chi connectivity index (χ4v) is 1.79. The number of esters is 1. The van der Waals surface area contributed by atoms with Gasteiger partial charge in [0.05, 0.1) is 7.11 Å². The van der Waals surface area contributed by atoms with E-state index in [1.54, 1.807) is 6.08 Å². The van der Waals surface area contributed by atoms with Crippen molar-refractivity contribution in [1.29, 1.82) is 0 Å². The monoisotopic (exact) mass is 168 g/mol. The first kappa shape index (κ1) is 9.30. The normalized spacial score (nSPS) is 37.7. The van der Waals surface area contributed by atoms with Crippen molar-refractivity contribution in [2.75, 3.05) is 7.11 Å². The summed E-state index contributed by atoms with van der Waals surface area (Å²) in [7, 11) is 1.41. The van der Waals surface area contributed by atoms with Crippen molar-refractivity contribution in [3.63, 3.8) is 0 Å². The molecule has 1 fully saturated rings. The quantitative estimate of drug-likeness (QED) is 0.442. The largest absolute Gasteiger partial charge is 0.466 e. The Bertz CT molecular complexity index is 206. The lowest BCUT2D eigenvalue weighted by Crippen LogP contribution is -2.34. The third-order valence-electron chi connectivity index (χ3n) is 3.11. The van der Waals surface area contributed by atoms with Gasteiger partial charge in [0.2, 0.25) is 0 Å². The van der Waals surface area contributed by atoms with E-state index in [0.717, 1.165) is 0 Å². The Balaban J connectivity index is 2.65. The van der Waals surface area contributed by atoms with E-state index in [9.17, 15) is 4.79 Å². The smallest absolute Gasteiger partial charge is 0.330 e. The zero-order valence-corrected chi connectivity index (χ0v) is 8.13. The van der Waals surface area contributed by atoms with E-state index in [1.807, 2.05) is 0 Å². The minimum atomic E-state index is -0.226. The van der Waals surface area contributed by atoms with Crippen LogP contribution in [-0.2, 0) is 9.53 Å². The average molecular weight is 168 g/mol. The molecule has 1 saturated carbocycles. The first-order valence-electron chi connectivity index (χ1n) is 4.37. The summed E-state index contributed by atoms with van der Waals surface area (Å²) >= 11 is 0. The molecule has 0 amide bonds. The van der Waals surface area contributed by atoms with Crippen LogP contribution in [-0.4, -0.2) is 13.1 Å². The Morgan fingerprint density at radius 3 is 2.25 bits per heavy atom. The predicted molar refractivity (Wildman–Crippen MR) is 47.6 cm³/mol. The summed E-state index contributed by atoms with van der Waals surface area (Å²) in [6.07, 6.45) is 1.63. The highest BCUT2D eigenvalue weighted by molar-refractivity contribution is 5.83. The summed E-state index contributed by atoms with van der Waals surface area (Å²) in [5, 5.41) is 0. The number of allylic oxidation sites excluding steroid dienone is 1. The lowest BCUT2D eigenvalue weighted by Gasteiger charge is -2.42. The molecule has 2 heteroatoms. The molecule has 0 bridgehead atoms. The molecule has 1 rings (SSSR count). The summed E-state index contributed by atoms with van der Waals surface area (Å²) < 4.78 is 4.57. The maximum absolute atomic E-state index is 10.9. The van der Waals surface area contributed by atoms with Gasteiger partial charge < -0.3 is 4.74 Å². The van der Waals surface area contributed by atoms with Gasteiger partial charge in [0.25, 0.3) is 0 Å². The molecule has 1 aliphatic rings. The molecule has 1 unspecified atom stereocenters. The van der Waals surface area contributed by atoms with E-state index >= 15 is 0 Å². The molecule has 0 heterocycles. The predicted octanol–water partition coefficient (Wildman–Crippen LogP) is 2.01. The maximum atomic E-state index is 10.9. The minimum absolute atomic E-state index is 0.226. The number of rotatable bonds is 1. The van der Waals surface area contributed by atoms with E-state index in [-0.39, 0.29) is 5.97 Å². The maximum Gasteiger partial charge on any atom is 0.330 e. The summed E-state index contributed by atoms with van der Waals surface area (Å²) in [4.78, 5) is 10.9. The number of hydrogen-bond acceptors (Lipinski definition) is 2. The molecule has 12 heavy (non-hydrogen) atoms. The second kappa shape index (κ2) is 3.30. The highest BCUT2D eigenvalue weighted by atomic mass is 16.5. The molecule has 68 valence electrons. The summed E-state index contributed by atoms with van der Waals surface area (Å²) in [5.41, 5.74) is 1.23. The molecule has 0 aliphatic heterocycles. The van der Waals surface area contributed by atoms with E-state index in [4.69, 9.17) is 0 Å². The van der Waals surface area contributed by atoms with Crippen molar-refractivity contribution >= 4 is 5.97 Å². The van der Waals surface area contributed by atoms with Gasteiger partial charge >= 0.3 is 5.97 Å². The van der Waals surface area contributed by atoms with Crippen molar-refractivity contribution in [3.8, 4) is 0 Å². The lowest BCUT2D eigenvalue weighted by molar-refractivity contribution is -0.135. The number of carbonyl (C=O) groups excluding carboxylic acids is 1. The van der Waals surface area contributed by atoms with Gasteiger partial charge in [-0.2, -0.15) is 0 Å². The van der Waals surface area contributed by atoms with Crippen LogP contribution in [0.5, 0.6) is 0 Å². The highest BCUT2D eigenvalue weighted by Crippen LogP contribution is 2.44. The van der Waals surface area contributed by atoms with Gasteiger partial charge in [0.1, 0.15) is 0 Å². The molecule has 0 aromatic carbocycles. The second-order valence-corrected chi connectivity index (χ2v) is 3.60. The molecule has 3 atom stereocenters. The number of methoxy groups -OCH3 is 1. The van der Waals surface area contributed by atoms with Gasteiger partial charge in [-0.15, -0.1) is 0 Å². The zero-order chi connectivity index (χ0) is 9.30. The van der Waals surface area contributed by atoms with E-state index in [2.05, 4.69) is 25.5 Å². The van der Waals surface area contributed by atoms with Crippen LogP contribution in [0.2, 0.25) is 0 Å². The number of ether oxygens (including phenoxy) is 1. The number of hydrogen-bond donors (Lipinski definition) is 0. The Kier molecular flexibility index (Phi) is 2.55. The molecule has 2 nitrogen and oxygen atoms in total. The lowest BCUT2D eigenvalue weighted by atomic mass is 9.63. The van der Waals surface area contributed by atoms with E-state index < -0.39 is 0 Å². The van der Waals surface area contributed by atoms with E-state index in [1.165, 1.54) is 12.7 Å². The molecule has 1 aliphatic carbocycles. The average Bonchev–Trinajstić information content (AvgIpc) is 2.11. The summed E-state index contributed by atoms with van der Waals surface area (Å²) in [5.74, 6) is 1.55. The van der Waals surface area contributed by atoms with Crippen LogP contribution in [0.1, 0.15) is 20.8 Å². The fourth-order valence-electron chi connectivity index (χ4n) is 1.79. The van der Waals surface area contributed by atoms with Crippen molar-refractivity contribution in [3.05, 3.63) is 11.6 Å². The van der Waals surface area contributed by atoms with Gasteiger partial charge in [-0.1, -0.05) is 26.3 Å². The van der Waals surface area contributed by atoms with Crippen molar-refractivity contribution in [2.24, 2.45) is 17.8 Å². The van der Waals surface area contributed by atoms with Crippen LogP contribution in [0, 0.1) is 17.8 Å². The van der Waals surface area contributed by atoms with Gasteiger partial charge in [-0.25, -0.2) is 4.79 Å². The highest BCUT2D eigenvalue weighted by Gasteiger charge is 2.36. The van der Waals surface area contributed by atoms with Crippen LogP contribution >= 0.6 is 0 Å². The number of carbonyl (C=O) groups is 1. The van der Waals surface area contributed by atoms with Gasteiger partial charge in [0.15, 0.2) is 0 Å². The Morgan fingerprint density at radius 2 is 1.83 bits per heavy atom. The first-order valence-corrected chi connectivity index (χ1v) is 4.37. The second-order valence-electron chi connectivity index (χ2n) is 3.60. The van der Waals surface area contributed by atoms with Crippen molar-refractivity contribution < 1.29 is 9.53 Å². The fraction of sp³-hybridized carbons (Fsp3) is 0.700. The molecule has 0 aromatic rings. The first-order chi connectivity index (χ1) is 5.57. The summed E-state index contributed by atoms with van der Waals surface area (Å²) in [6.45, 7) is 6.52. The Labute approximate surface area is 73.6 Å². The van der Waals surface area contributed by atoms with Crippen LogP contribution in [0.3, 0.4) is 0 Å². The van der Waals surface area contributed by atoms with Gasteiger partial charge in [-0.3, -0.25) is 0 Å². The molecule has 0 saturated heterocycles. The van der Waals surface area contributed by atoms with Gasteiger partial charge in [-0.05, 0) is 17.8 Å². The topological polar surface area (TPSA) is 26.3 Å². The van der Waals surface area contributed by atoms with E-state index in [0.29, 0.717) is 17.8 Å². The molecule has 0 N–H and O–H groups in total. The Hall–Kier alpha value is -0.790. The third-order valence-corrected chi connectivity index (χ3v) is 3.11. The molecule has 0 aromatic heterocycles. The van der Waals surface area contributed by atoms with Crippen LogP contribution in [0.4, 0.5) is 0 Å². The van der Waals surface area contributed by atoms with Crippen molar-refractivity contribution in [1.82, 2.24) is 0 Å². The van der Waals surface area contributed by atoms with Gasteiger partial charge in [0, 0.05) is 6.08 Å². The van der Waals surface area contributed by atoms with Crippen LogP contribution in [0.25, 0.3) is 0 Å². The third kappa shape index (κ3) is 1.38. The molecule has 0 spiro atoms. The van der Waals surface area contributed by atoms with Crippen LogP contribution < -0.4 is 0 Å². The Morgan fingerprint density at radius 1 is 1.33 bits per heavy atom. The van der Waals surface area contributed by atoms with Crippen molar-refractivity contribution in [2.45, 2.75) is 20.8 Å². The van der Waals surface area contributed by atoms with Crippen LogP contribution in [0.15, 0.2) is 11.6 Å². The molecular formula is C10H16O2.